The van der Waals surface area contributed by atoms with Crippen LogP contribution in [0.25, 0.3) is 0 Å². The van der Waals surface area contributed by atoms with Crippen LogP contribution >= 0.6 is 0 Å². The Morgan fingerprint density at radius 2 is 1.34 bits per heavy atom. The molecule has 2 aromatic rings. The van der Waals surface area contributed by atoms with Crippen LogP contribution in [-0.2, 0) is 36.8 Å². The third-order valence-electron chi connectivity index (χ3n) is 7.30. The average Bonchev–Trinajstić information content (AvgIpc) is 3.46. The minimum absolute atomic E-state index is 0.00406. The molecular formula is C30H39N5O9. The number of hydrogen-bond acceptors (Lipinski definition) is 9. The van der Waals surface area contributed by atoms with E-state index in [0.29, 0.717) is 17.5 Å². The molecule has 14 heteroatoms. The van der Waals surface area contributed by atoms with Gasteiger partial charge in [0.25, 0.3) is 0 Å². The van der Waals surface area contributed by atoms with Gasteiger partial charge in [-0.05, 0) is 62.1 Å². The minimum atomic E-state index is -1.58. The van der Waals surface area contributed by atoms with Gasteiger partial charge in [-0.1, -0.05) is 24.3 Å². The van der Waals surface area contributed by atoms with Crippen molar-refractivity contribution in [3.63, 3.8) is 0 Å². The summed E-state index contributed by atoms with van der Waals surface area (Å²) < 4.78 is 0. The molecule has 0 radical (unpaired) electrons. The Labute approximate surface area is 254 Å². The van der Waals surface area contributed by atoms with Gasteiger partial charge in [-0.3, -0.25) is 19.2 Å². The molecule has 4 amide bonds. The molecule has 1 heterocycles. The van der Waals surface area contributed by atoms with Gasteiger partial charge < -0.3 is 47.0 Å². The van der Waals surface area contributed by atoms with Crippen molar-refractivity contribution >= 4 is 29.6 Å². The molecule has 3 rings (SSSR count). The molecule has 44 heavy (non-hydrogen) atoms. The molecule has 1 aliphatic rings. The molecule has 0 aromatic heterocycles. The van der Waals surface area contributed by atoms with Crippen molar-refractivity contribution in [3.05, 3.63) is 59.7 Å². The Bertz CT molecular complexity index is 1330. The number of carbonyl (C=O) groups excluding carboxylic acids is 4. The second-order valence-corrected chi connectivity index (χ2v) is 10.9. The number of amides is 4. The molecule has 0 aliphatic carbocycles. The monoisotopic (exact) mass is 613 g/mol. The Morgan fingerprint density at radius 1 is 0.841 bits per heavy atom. The number of aliphatic hydroxyl groups is 1. The van der Waals surface area contributed by atoms with Crippen LogP contribution in [-0.4, -0.2) is 97.8 Å². The smallest absolute Gasteiger partial charge is 0.328 e. The van der Waals surface area contributed by atoms with Gasteiger partial charge >= 0.3 is 5.97 Å². The van der Waals surface area contributed by atoms with E-state index < -0.39 is 65.9 Å². The number of nitrogens with zero attached hydrogens (tertiary/aromatic N) is 1. The SMILES string of the molecule is C[C@@H](N)C(=O)N[C@@H](Cc1ccc(O)cc1)C(=O)N[C@@H](Cc1ccc(O)cc1)C(=O)N1CCC[C@H]1C(=O)N[C@H](C(=O)O)[C@@H](C)O. The lowest BCUT2D eigenvalue weighted by molar-refractivity contribution is -0.147. The number of carboxylic acid groups (broad SMARTS) is 1. The number of likely N-dealkylation sites (tertiary alicyclic amines) is 1. The molecule has 1 fully saturated rings. The number of hydrogen-bond donors (Lipinski definition) is 8. The van der Waals surface area contributed by atoms with Crippen LogP contribution < -0.4 is 21.7 Å². The van der Waals surface area contributed by atoms with E-state index in [1.54, 1.807) is 24.3 Å². The Hall–Kier alpha value is -4.69. The zero-order valence-electron chi connectivity index (χ0n) is 24.5. The standard InChI is InChI=1S/C30H39N5O9/c1-16(31)26(39)32-22(14-18-5-9-20(37)10-6-18)27(40)33-23(15-19-7-11-21(38)12-8-19)29(42)35-13-3-4-24(35)28(41)34-25(17(2)36)30(43)44/h5-12,16-17,22-25,36-38H,3-4,13-15,31H2,1-2H3,(H,32,39)(H,33,40)(H,34,41)(H,43,44)/t16-,17-,22+,23+,24+,25+/m1/s1. The molecule has 2 aromatic carbocycles. The second-order valence-electron chi connectivity index (χ2n) is 10.9. The number of phenolic OH excluding ortho intramolecular Hbond substituents is 2. The van der Waals surface area contributed by atoms with Crippen molar-refractivity contribution < 1.29 is 44.4 Å². The number of aliphatic hydroxyl groups excluding tert-OH is 1. The fourth-order valence-corrected chi connectivity index (χ4v) is 4.86. The predicted molar refractivity (Wildman–Crippen MR) is 157 cm³/mol. The largest absolute Gasteiger partial charge is 0.508 e. The Morgan fingerprint density at radius 3 is 1.82 bits per heavy atom. The molecule has 238 valence electrons. The van der Waals surface area contributed by atoms with Crippen LogP contribution in [0.15, 0.2) is 48.5 Å². The molecular weight excluding hydrogens is 574 g/mol. The van der Waals surface area contributed by atoms with E-state index in [-0.39, 0.29) is 37.3 Å². The Kier molecular flexibility index (Phi) is 11.6. The molecule has 6 atom stereocenters. The zero-order valence-corrected chi connectivity index (χ0v) is 24.5. The van der Waals surface area contributed by atoms with Crippen molar-refractivity contribution in [1.82, 2.24) is 20.9 Å². The summed E-state index contributed by atoms with van der Waals surface area (Å²) in [7, 11) is 0. The first-order valence-corrected chi connectivity index (χ1v) is 14.2. The van der Waals surface area contributed by atoms with Crippen LogP contribution in [0.5, 0.6) is 11.5 Å². The molecule has 0 saturated carbocycles. The summed E-state index contributed by atoms with van der Waals surface area (Å²) in [6, 6.07) is 6.07. The quantitative estimate of drug-likeness (QED) is 0.139. The third kappa shape index (κ3) is 9.15. The van der Waals surface area contributed by atoms with Crippen LogP contribution in [0.2, 0.25) is 0 Å². The molecule has 0 unspecified atom stereocenters. The highest BCUT2D eigenvalue weighted by Gasteiger charge is 2.40. The maximum absolute atomic E-state index is 14.0. The molecule has 14 nitrogen and oxygen atoms in total. The van der Waals surface area contributed by atoms with Gasteiger partial charge in [0.05, 0.1) is 12.1 Å². The summed E-state index contributed by atoms with van der Waals surface area (Å²) in [5, 5.41) is 46.1. The van der Waals surface area contributed by atoms with E-state index in [4.69, 9.17) is 5.73 Å². The molecule has 0 bridgehead atoms. The topological polar surface area (TPSA) is 232 Å². The van der Waals surface area contributed by atoms with Gasteiger partial charge in [0.1, 0.15) is 29.6 Å². The van der Waals surface area contributed by atoms with Gasteiger partial charge in [-0.25, -0.2) is 4.79 Å². The van der Waals surface area contributed by atoms with Crippen LogP contribution in [0.3, 0.4) is 0 Å². The maximum atomic E-state index is 14.0. The fourth-order valence-electron chi connectivity index (χ4n) is 4.86. The summed E-state index contributed by atoms with van der Waals surface area (Å²) in [5.41, 5.74) is 6.90. The summed E-state index contributed by atoms with van der Waals surface area (Å²) in [6.45, 7) is 2.83. The highest BCUT2D eigenvalue weighted by Crippen LogP contribution is 2.21. The number of aliphatic carboxylic acids is 1. The summed E-state index contributed by atoms with van der Waals surface area (Å²) in [5.74, 6) is -4.10. The van der Waals surface area contributed by atoms with Crippen molar-refractivity contribution in [3.8, 4) is 11.5 Å². The number of aromatic hydroxyl groups is 2. The number of nitrogens with one attached hydrogen (secondary N) is 3. The number of carbonyl (C=O) groups is 5. The van der Waals surface area contributed by atoms with Crippen molar-refractivity contribution in [2.75, 3.05) is 6.54 Å². The first kappa shape index (κ1) is 33.8. The molecule has 9 N–H and O–H groups in total. The number of benzene rings is 2. The van der Waals surface area contributed by atoms with Crippen molar-refractivity contribution in [2.45, 2.75) is 75.8 Å². The molecule has 1 saturated heterocycles. The van der Waals surface area contributed by atoms with E-state index in [0.717, 1.165) is 0 Å². The van der Waals surface area contributed by atoms with Gasteiger partial charge in [0, 0.05) is 19.4 Å². The highest BCUT2D eigenvalue weighted by molar-refractivity contribution is 5.96. The van der Waals surface area contributed by atoms with Gasteiger partial charge in [0.2, 0.25) is 23.6 Å². The number of carboxylic acids is 1. The fraction of sp³-hybridized carbons (Fsp3) is 0.433. The molecule has 0 spiro atoms. The van der Waals surface area contributed by atoms with Crippen LogP contribution in [0.1, 0.15) is 37.8 Å². The van der Waals surface area contributed by atoms with E-state index >= 15 is 0 Å². The van der Waals surface area contributed by atoms with E-state index in [1.807, 2.05) is 0 Å². The number of nitrogens with two attached hydrogens (primary N) is 1. The predicted octanol–water partition coefficient (Wildman–Crippen LogP) is -0.859. The highest BCUT2D eigenvalue weighted by atomic mass is 16.4. The van der Waals surface area contributed by atoms with Crippen molar-refractivity contribution in [1.29, 1.82) is 0 Å². The van der Waals surface area contributed by atoms with E-state index in [2.05, 4.69) is 16.0 Å². The summed E-state index contributed by atoms with van der Waals surface area (Å²) in [4.78, 5) is 66.0. The molecule has 1 aliphatic heterocycles. The van der Waals surface area contributed by atoms with Crippen LogP contribution in [0.4, 0.5) is 0 Å². The first-order valence-electron chi connectivity index (χ1n) is 14.2. The second kappa shape index (κ2) is 15.2. The van der Waals surface area contributed by atoms with Crippen LogP contribution in [0, 0.1) is 0 Å². The maximum Gasteiger partial charge on any atom is 0.328 e. The van der Waals surface area contributed by atoms with E-state index in [9.17, 15) is 44.4 Å². The average molecular weight is 614 g/mol. The van der Waals surface area contributed by atoms with Crippen molar-refractivity contribution in [2.24, 2.45) is 5.73 Å². The lowest BCUT2D eigenvalue weighted by Gasteiger charge is -2.31. The normalized spacial score (nSPS) is 17.9. The van der Waals surface area contributed by atoms with E-state index in [1.165, 1.54) is 43.0 Å². The van der Waals surface area contributed by atoms with Gasteiger partial charge in [0.15, 0.2) is 6.04 Å². The lowest BCUT2D eigenvalue weighted by Crippen LogP contribution is -2.59. The number of phenols is 2. The summed E-state index contributed by atoms with van der Waals surface area (Å²) >= 11 is 0. The number of rotatable bonds is 13. The summed E-state index contributed by atoms with van der Waals surface area (Å²) in [6.07, 6.45) is -0.744. The van der Waals surface area contributed by atoms with Gasteiger partial charge in [-0.2, -0.15) is 0 Å². The van der Waals surface area contributed by atoms with Gasteiger partial charge in [-0.15, -0.1) is 0 Å². The lowest BCUT2D eigenvalue weighted by atomic mass is 10.0. The first-order chi connectivity index (χ1) is 20.8. The minimum Gasteiger partial charge on any atom is -0.508 e. The Balaban J connectivity index is 1.89. The third-order valence-corrected chi connectivity index (χ3v) is 7.30. The zero-order chi connectivity index (χ0) is 32.6.